The number of ether oxygens (including phenoxy) is 1. The van der Waals surface area contributed by atoms with Crippen molar-refractivity contribution in [3.05, 3.63) is 29.6 Å². The topological polar surface area (TPSA) is 84.8 Å². The summed E-state index contributed by atoms with van der Waals surface area (Å²) in [5.74, 6) is 0.903. The summed E-state index contributed by atoms with van der Waals surface area (Å²) in [4.78, 5) is 17.1. The first kappa shape index (κ1) is 18.7. The second-order valence-corrected chi connectivity index (χ2v) is 7.84. The summed E-state index contributed by atoms with van der Waals surface area (Å²) in [6.45, 7) is 1.28. The lowest BCUT2D eigenvalue weighted by Crippen LogP contribution is -2.50. The van der Waals surface area contributed by atoms with Crippen LogP contribution in [0.2, 0.25) is 0 Å². The molecule has 1 saturated heterocycles. The maximum absolute atomic E-state index is 13.8. The van der Waals surface area contributed by atoms with Crippen LogP contribution < -0.4 is 15.4 Å². The first-order valence-corrected chi connectivity index (χ1v) is 9.46. The maximum atomic E-state index is 13.8. The SMILES string of the molecule is COc1cc(-c2onc(N(C)C)c2C(=O)N2C[C@H]3CC[C@@H](C2)C3N)ccc1F. The lowest BCUT2D eigenvalue weighted by Gasteiger charge is -2.36. The minimum atomic E-state index is -0.479. The second kappa shape index (κ2) is 7.09. The van der Waals surface area contributed by atoms with Crippen LogP contribution in [0.15, 0.2) is 22.7 Å². The summed E-state index contributed by atoms with van der Waals surface area (Å²) in [6, 6.07) is 4.54. The van der Waals surface area contributed by atoms with Gasteiger partial charge in [0.2, 0.25) is 0 Å². The van der Waals surface area contributed by atoms with Gasteiger partial charge in [0.1, 0.15) is 5.56 Å². The molecule has 1 aromatic heterocycles. The Morgan fingerprint density at radius 3 is 2.61 bits per heavy atom. The van der Waals surface area contributed by atoms with Crippen LogP contribution in [-0.2, 0) is 0 Å². The Balaban J connectivity index is 1.74. The lowest BCUT2D eigenvalue weighted by atomic mass is 9.92. The first-order chi connectivity index (χ1) is 13.4. The molecule has 7 nitrogen and oxygen atoms in total. The third-order valence-corrected chi connectivity index (χ3v) is 5.92. The van der Waals surface area contributed by atoms with E-state index in [9.17, 15) is 9.18 Å². The van der Waals surface area contributed by atoms with Gasteiger partial charge in [-0.05, 0) is 42.9 Å². The number of hydrogen-bond donors (Lipinski definition) is 1. The third kappa shape index (κ3) is 3.01. The van der Waals surface area contributed by atoms with E-state index in [1.165, 1.54) is 19.2 Å². The Kier molecular flexibility index (Phi) is 4.74. The summed E-state index contributed by atoms with van der Waals surface area (Å²) in [5, 5.41) is 4.10. The predicted molar refractivity (Wildman–Crippen MR) is 103 cm³/mol. The Morgan fingerprint density at radius 1 is 1.32 bits per heavy atom. The van der Waals surface area contributed by atoms with E-state index in [1.54, 1.807) is 25.1 Å². The molecule has 28 heavy (non-hydrogen) atoms. The van der Waals surface area contributed by atoms with Gasteiger partial charge < -0.3 is 24.8 Å². The van der Waals surface area contributed by atoms with Crippen LogP contribution in [0.3, 0.4) is 0 Å². The molecule has 1 unspecified atom stereocenters. The van der Waals surface area contributed by atoms with Crippen LogP contribution in [-0.4, -0.2) is 56.3 Å². The van der Waals surface area contributed by atoms with Gasteiger partial charge in [0.05, 0.1) is 7.11 Å². The minimum absolute atomic E-state index is 0.0840. The number of carbonyl (C=O) groups excluding carboxylic acids is 1. The Labute approximate surface area is 163 Å². The van der Waals surface area contributed by atoms with Crippen molar-refractivity contribution in [1.82, 2.24) is 10.1 Å². The van der Waals surface area contributed by atoms with Gasteiger partial charge >= 0.3 is 0 Å². The number of halogens is 1. The molecule has 2 heterocycles. The van der Waals surface area contributed by atoms with Crippen molar-refractivity contribution in [3.8, 4) is 17.1 Å². The molecule has 1 saturated carbocycles. The molecule has 1 aliphatic carbocycles. The van der Waals surface area contributed by atoms with Crippen LogP contribution in [0.4, 0.5) is 10.2 Å². The maximum Gasteiger partial charge on any atom is 0.261 e. The average Bonchev–Trinajstić information content (AvgIpc) is 3.18. The summed E-state index contributed by atoms with van der Waals surface area (Å²) in [6.07, 6.45) is 2.11. The predicted octanol–water partition coefficient (Wildman–Crippen LogP) is 2.36. The lowest BCUT2D eigenvalue weighted by molar-refractivity contribution is 0.0638. The van der Waals surface area contributed by atoms with Crippen molar-refractivity contribution in [2.45, 2.75) is 18.9 Å². The van der Waals surface area contributed by atoms with Crippen molar-refractivity contribution in [2.75, 3.05) is 39.2 Å². The zero-order valence-corrected chi connectivity index (χ0v) is 16.3. The quantitative estimate of drug-likeness (QED) is 0.866. The zero-order chi connectivity index (χ0) is 20.0. The van der Waals surface area contributed by atoms with Crippen LogP contribution in [0.5, 0.6) is 5.75 Å². The van der Waals surface area contributed by atoms with E-state index < -0.39 is 5.82 Å². The number of nitrogens with two attached hydrogens (primary N) is 1. The Bertz CT molecular complexity index is 884. The van der Waals surface area contributed by atoms with Gasteiger partial charge in [0.25, 0.3) is 5.91 Å². The van der Waals surface area contributed by atoms with Crippen LogP contribution in [0.1, 0.15) is 23.2 Å². The summed E-state index contributed by atoms with van der Waals surface area (Å²) < 4.78 is 24.4. The number of rotatable bonds is 4. The van der Waals surface area contributed by atoms with E-state index in [0.717, 1.165) is 12.8 Å². The summed E-state index contributed by atoms with van der Waals surface area (Å²) >= 11 is 0. The number of carbonyl (C=O) groups is 1. The van der Waals surface area contributed by atoms with Crippen LogP contribution in [0, 0.1) is 17.7 Å². The van der Waals surface area contributed by atoms with Gasteiger partial charge in [-0.15, -0.1) is 0 Å². The van der Waals surface area contributed by atoms with E-state index in [4.69, 9.17) is 15.0 Å². The van der Waals surface area contributed by atoms with E-state index in [1.807, 2.05) is 4.90 Å². The molecule has 8 heteroatoms. The number of fused-ring (bicyclic) bond motifs is 2. The number of amides is 1. The Morgan fingerprint density at radius 2 is 2.00 bits per heavy atom. The van der Waals surface area contributed by atoms with Crippen LogP contribution in [0.25, 0.3) is 11.3 Å². The van der Waals surface area contributed by atoms with E-state index >= 15 is 0 Å². The van der Waals surface area contributed by atoms with Gasteiger partial charge in [-0.3, -0.25) is 4.79 Å². The van der Waals surface area contributed by atoms with Gasteiger partial charge in [0, 0.05) is 38.8 Å². The van der Waals surface area contributed by atoms with E-state index in [0.29, 0.717) is 47.6 Å². The summed E-state index contributed by atoms with van der Waals surface area (Å²) in [7, 11) is 5.01. The molecule has 3 atom stereocenters. The highest BCUT2D eigenvalue weighted by Crippen LogP contribution is 2.39. The molecular weight excluding hydrogens is 363 g/mol. The van der Waals surface area contributed by atoms with Crippen molar-refractivity contribution in [1.29, 1.82) is 0 Å². The van der Waals surface area contributed by atoms with Crippen molar-refractivity contribution >= 4 is 11.7 Å². The molecule has 2 aromatic rings. The number of aromatic nitrogens is 1. The first-order valence-electron chi connectivity index (χ1n) is 9.46. The molecule has 1 aliphatic heterocycles. The van der Waals surface area contributed by atoms with Crippen molar-refractivity contribution in [3.63, 3.8) is 0 Å². The number of likely N-dealkylation sites (tertiary alicyclic amines) is 1. The average molecular weight is 388 g/mol. The number of methoxy groups -OCH3 is 1. The molecule has 4 rings (SSSR count). The third-order valence-electron chi connectivity index (χ3n) is 5.92. The minimum Gasteiger partial charge on any atom is -0.494 e. The highest BCUT2D eigenvalue weighted by Gasteiger charge is 2.42. The number of anilines is 1. The van der Waals surface area contributed by atoms with Gasteiger partial charge in [-0.25, -0.2) is 4.39 Å². The molecule has 1 aromatic carbocycles. The second-order valence-electron chi connectivity index (χ2n) is 7.84. The molecule has 150 valence electrons. The Hall–Kier alpha value is -2.61. The molecule has 0 spiro atoms. The molecule has 2 aliphatic rings. The zero-order valence-electron chi connectivity index (χ0n) is 16.3. The molecule has 1 amide bonds. The normalized spacial score (nSPS) is 23.8. The van der Waals surface area contributed by atoms with Gasteiger partial charge in [-0.2, -0.15) is 0 Å². The highest BCUT2D eigenvalue weighted by atomic mass is 19.1. The van der Waals surface area contributed by atoms with E-state index in [2.05, 4.69) is 5.16 Å². The van der Waals surface area contributed by atoms with Gasteiger partial charge in [0.15, 0.2) is 23.1 Å². The summed E-state index contributed by atoms with van der Waals surface area (Å²) in [5.41, 5.74) is 7.21. The number of nitrogens with zero attached hydrogens (tertiary/aromatic N) is 3. The smallest absolute Gasteiger partial charge is 0.261 e. The highest BCUT2D eigenvalue weighted by molar-refractivity contribution is 6.04. The largest absolute Gasteiger partial charge is 0.494 e. The fraction of sp³-hybridized carbons (Fsp3) is 0.500. The number of hydrogen-bond acceptors (Lipinski definition) is 6. The molecule has 0 radical (unpaired) electrons. The monoisotopic (exact) mass is 388 g/mol. The van der Waals surface area contributed by atoms with Crippen molar-refractivity contribution < 1.29 is 18.4 Å². The molecule has 2 N–H and O–H groups in total. The number of benzene rings is 1. The van der Waals surface area contributed by atoms with E-state index in [-0.39, 0.29) is 17.7 Å². The van der Waals surface area contributed by atoms with Crippen LogP contribution >= 0.6 is 0 Å². The molecule has 2 bridgehead atoms. The fourth-order valence-electron chi connectivity index (χ4n) is 4.37. The fourth-order valence-corrected chi connectivity index (χ4v) is 4.37. The molecule has 2 fully saturated rings. The molecular formula is C20H25FN4O3. The number of piperidine rings is 1. The standard InChI is InChI=1S/C20H25FN4O3/c1-24(2)19-16(20(26)25-9-12-4-5-13(10-25)17(12)22)18(28-23-19)11-6-7-14(21)15(8-11)27-3/h6-8,12-13,17H,4-5,9-10,22H2,1-3H3/t12-,13+,17?. The van der Waals surface area contributed by atoms with Crippen molar-refractivity contribution in [2.24, 2.45) is 17.6 Å². The van der Waals surface area contributed by atoms with Gasteiger partial charge in [-0.1, -0.05) is 5.16 Å².